The van der Waals surface area contributed by atoms with Gasteiger partial charge in [0.25, 0.3) is 5.91 Å². The second kappa shape index (κ2) is 7.55. The summed E-state index contributed by atoms with van der Waals surface area (Å²) in [6, 6.07) is 13.7. The number of carbonyl (C=O) groups excluding carboxylic acids is 1. The van der Waals surface area contributed by atoms with E-state index in [1.165, 1.54) is 0 Å². The molecule has 2 heterocycles. The van der Waals surface area contributed by atoms with Gasteiger partial charge in [-0.2, -0.15) is 5.10 Å². The monoisotopic (exact) mass is 320 g/mol. The number of rotatable bonds is 6. The average molecular weight is 320 g/mol. The number of hydrogen-bond donors (Lipinski definition) is 1. The van der Waals surface area contributed by atoms with E-state index >= 15 is 0 Å². The first-order valence-corrected chi connectivity index (χ1v) is 8.09. The lowest BCUT2D eigenvalue weighted by Crippen LogP contribution is -2.24. The molecule has 0 atom stereocenters. The van der Waals surface area contributed by atoms with Gasteiger partial charge in [0, 0.05) is 18.9 Å². The highest BCUT2D eigenvalue weighted by Crippen LogP contribution is 2.17. The Labute approximate surface area is 141 Å². The Morgan fingerprint density at radius 3 is 2.67 bits per heavy atom. The maximum absolute atomic E-state index is 12.6. The molecule has 0 saturated heterocycles. The van der Waals surface area contributed by atoms with Gasteiger partial charge in [-0.15, -0.1) is 0 Å². The first-order chi connectivity index (χ1) is 11.8. The molecule has 5 heteroatoms. The van der Waals surface area contributed by atoms with Gasteiger partial charge < -0.3 is 5.32 Å². The van der Waals surface area contributed by atoms with Crippen LogP contribution in [0.1, 0.15) is 35.0 Å². The molecule has 2 aromatic heterocycles. The number of amides is 1. The van der Waals surface area contributed by atoms with Crippen LogP contribution in [-0.2, 0) is 13.0 Å². The van der Waals surface area contributed by atoms with Gasteiger partial charge in [0.05, 0.1) is 23.1 Å². The SMILES string of the molecule is CCCc1c(C(=O)NCc2cccnc2)cnn1-c1ccccc1. The van der Waals surface area contributed by atoms with Gasteiger partial charge in [0.15, 0.2) is 0 Å². The molecule has 0 fully saturated rings. The van der Waals surface area contributed by atoms with E-state index in [0.717, 1.165) is 29.8 Å². The first-order valence-electron chi connectivity index (χ1n) is 8.09. The van der Waals surface area contributed by atoms with Crippen LogP contribution < -0.4 is 5.32 Å². The number of aromatic nitrogens is 3. The molecule has 0 spiro atoms. The number of nitrogens with zero attached hydrogens (tertiary/aromatic N) is 3. The van der Waals surface area contributed by atoms with Gasteiger partial charge in [0.1, 0.15) is 0 Å². The molecule has 0 radical (unpaired) electrons. The highest BCUT2D eigenvalue weighted by atomic mass is 16.1. The molecule has 1 aromatic carbocycles. The van der Waals surface area contributed by atoms with E-state index in [4.69, 9.17) is 0 Å². The Morgan fingerprint density at radius 1 is 1.12 bits per heavy atom. The maximum Gasteiger partial charge on any atom is 0.255 e. The minimum Gasteiger partial charge on any atom is -0.348 e. The standard InChI is InChI=1S/C19H20N4O/c1-2-7-18-17(14-22-23(18)16-9-4-3-5-10-16)19(24)21-13-15-8-6-11-20-12-15/h3-6,8-12,14H,2,7,13H2,1H3,(H,21,24). The number of benzene rings is 1. The molecule has 3 aromatic rings. The molecule has 122 valence electrons. The van der Waals surface area contributed by atoms with E-state index in [1.54, 1.807) is 18.6 Å². The van der Waals surface area contributed by atoms with Crippen molar-refractivity contribution in [2.24, 2.45) is 0 Å². The third-order valence-electron chi connectivity index (χ3n) is 3.78. The van der Waals surface area contributed by atoms with E-state index in [9.17, 15) is 4.79 Å². The smallest absolute Gasteiger partial charge is 0.255 e. The van der Waals surface area contributed by atoms with Crippen LogP contribution in [0.3, 0.4) is 0 Å². The molecule has 24 heavy (non-hydrogen) atoms. The van der Waals surface area contributed by atoms with Crippen LogP contribution in [0, 0.1) is 0 Å². The summed E-state index contributed by atoms with van der Waals surface area (Å²) >= 11 is 0. The third kappa shape index (κ3) is 3.51. The average Bonchev–Trinajstić information content (AvgIpc) is 3.05. The molecule has 0 aliphatic rings. The van der Waals surface area contributed by atoms with E-state index < -0.39 is 0 Å². The van der Waals surface area contributed by atoms with E-state index in [-0.39, 0.29) is 5.91 Å². The van der Waals surface area contributed by atoms with Crippen LogP contribution in [0.4, 0.5) is 0 Å². The Hall–Kier alpha value is -2.95. The number of pyridine rings is 1. The topological polar surface area (TPSA) is 59.8 Å². The number of nitrogens with one attached hydrogen (secondary N) is 1. The fourth-order valence-electron chi connectivity index (χ4n) is 2.61. The van der Waals surface area contributed by atoms with Crippen LogP contribution in [0.5, 0.6) is 0 Å². The van der Waals surface area contributed by atoms with E-state index in [2.05, 4.69) is 22.3 Å². The normalized spacial score (nSPS) is 10.5. The van der Waals surface area contributed by atoms with Gasteiger partial charge in [-0.3, -0.25) is 9.78 Å². The fourth-order valence-corrected chi connectivity index (χ4v) is 2.61. The van der Waals surface area contributed by atoms with E-state index in [0.29, 0.717) is 12.1 Å². The minimum atomic E-state index is -0.107. The predicted molar refractivity (Wildman–Crippen MR) is 93.0 cm³/mol. The van der Waals surface area contributed by atoms with Crippen LogP contribution in [-0.4, -0.2) is 20.7 Å². The van der Waals surface area contributed by atoms with Gasteiger partial charge >= 0.3 is 0 Å². The van der Waals surface area contributed by atoms with Crippen molar-refractivity contribution in [2.45, 2.75) is 26.3 Å². The van der Waals surface area contributed by atoms with Crippen molar-refractivity contribution >= 4 is 5.91 Å². The van der Waals surface area contributed by atoms with Crippen molar-refractivity contribution in [3.05, 3.63) is 77.9 Å². The molecule has 0 aliphatic carbocycles. The van der Waals surface area contributed by atoms with Gasteiger partial charge in [-0.1, -0.05) is 37.6 Å². The zero-order chi connectivity index (χ0) is 16.8. The largest absolute Gasteiger partial charge is 0.348 e. The number of carbonyl (C=O) groups is 1. The molecule has 0 saturated carbocycles. The molecule has 1 amide bonds. The second-order valence-electron chi connectivity index (χ2n) is 5.55. The third-order valence-corrected chi connectivity index (χ3v) is 3.78. The highest BCUT2D eigenvalue weighted by molar-refractivity contribution is 5.95. The molecular formula is C19H20N4O. The van der Waals surface area contributed by atoms with Gasteiger partial charge in [0.2, 0.25) is 0 Å². The van der Waals surface area contributed by atoms with E-state index in [1.807, 2.05) is 47.1 Å². The van der Waals surface area contributed by atoms with Crippen molar-refractivity contribution in [3.8, 4) is 5.69 Å². The Bertz CT molecular complexity index is 797. The molecular weight excluding hydrogens is 300 g/mol. The summed E-state index contributed by atoms with van der Waals surface area (Å²) < 4.78 is 1.85. The second-order valence-corrected chi connectivity index (χ2v) is 5.55. The molecule has 0 aliphatic heterocycles. The van der Waals surface area contributed by atoms with Crippen LogP contribution in [0.15, 0.2) is 61.1 Å². The molecule has 5 nitrogen and oxygen atoms in total. The Balaban J connectivity index is 1.82. The lowest BCUT2D eigenvalue weighted by molar-refractivity contribution is 0.0950. The minimum absolute atomic E-state index is 0.107. The predicted octanol–water partition coefficient (Wildman–Crippen LogP) is 3.15. The summed E-state index contributed by atoms with van der Waals surface area (Å²) in [5.74, 6) is -0.107. The summed E-state index contributed by atoms with van der Waals surface area (Å²) in [7, 11) is 0. The van der Waals surface area contributed by atoms with Crippen molar-refractivity contribution < 1.29 is 4.79 Å². The summed E-state index contributed by atoms with van der Waals surface area (Å²) in [6.07, 6.45) is 6.86. The molecule has 0 bridgehead atoms. The quantitative estimate of drug-likeness (QED) is 0.759. The van der Waals surface area contributed by atoms with Crippen LogP contribution in [0.25, 0.3) is 5.69 Å². The Morgan fingerprint density at radius 2 is 1.96 bits per heavy atom. The lowest BCUT2D eigenvalue weighted by atomic mass is 10.1. The maximum atomic E-state index is 12.6. The van der Waals surface area contributed by atoms with Crippen molar-refractivity contribution in [2.75, 3.05) is 0 Å². The summed E-state index contributed by atoms with van der Waals surface area (Å²) in [4.78, 5) is 16.6. The molecule has 3 rings (SSSR count). The van der Waals surface area contributed by atoms with Gasteiger partial charge in [-0.05, 0) is 30.2 Å². The molecule has 0 unspecified atom stereocenters. The first kappa shape index (κ1) is 15.9. The number of hydrogen-bond acceptors (Lipinski definition) is 3. The summed E-state index contributed by atoms with van der Waals surface area (Å²) in [6.45, 7) is 2.55. The van der Waals surface area contributed by atoms with Crippen molar-refractivity contribution in [1.82, 2.24) is 20.1 Å². The summed E-state index contributed by atoms with van der Waals surface area (Å²) in [5.41, 5.74) is 3.50. The van der Waals surface area contributed by atoms with Crippen LogP contribution in [0.2, 0.25) is 0 Å². The zero-order valence-corrected chi connectivity index (χ0v) is 13.6. The lowest BCUT2D eigenvalue weighted by Gasteiger charge is -2.09. The summed E-state index contributed by atoms with van der Waals surface area (Å²) in [5, 5.41) is 7.37. The van der Waals surface area contributed by atoms with Crippen molar-refractivity contribution in [3.63, 3.8) is 0 Å². The zero-order valence-electron chi connectivity index (χ0n) is 13.6. The van der Waals surface area contributed by atoms with Crippen molar-refractivity contribution in [1.29, 1.82) is 0 Å². The van der Waals surface area contributed by atoms with Crippen LogP contribution >= 0.6 is 0 Å². The fraction of sp³-hybridized carbons (Fsp3) is 0.211. The highest BCUT2D eigenvalue weighted by Gasteiger charge is 2.17. The van der Waals surface area contributed by atoms with Gasteiger partial charge in [-0.25, -0.2) is 4.68 Å². The molecule has 1 N–H and O–H groups in total. The Kier molecular flexibility index (Phi) is 5.01. The number of para-hydroxylation sites is 1.